The maximum absolute atomic E-state index is 12.7. The highest BCUT2D eigenvalue weighted by Gasteiger charge is 2.28. The molecule has 9 heteroatoms. The number of aromatic nitrogens is 1. The minimum Gasteiger partial charge on any atom is -0.497 e. The van der Waals surface area contributed by atoms with Crippen molar-refractivity contribution in [3.63, 3.8) is 0 Å². The van der Waals surface area contributed by atoms with E-state index in [0.29, 0.717) is 26.3 Å². The molecule has 1 amide bonds. The summed E-state index contributed by atoms with van der Waals surface area (Å²) in [5, 5.41) is 2.91. The van der Waals surface area contributed by atoms with Crippen LogP contribution in [0.5, 0.6) is 5.75 Å². The van der Waals surface area contributed by atoms with Crippen molar-refractivity contribution >= 4 is 15.9 Å². The number of morpholine rings is 1. The Bertz CT molecular complexity index is 918. The lowest BCUT2D eigenvalue weighted by Gasteiger charge is -2.25. The number of carbonyl (C=O) groups excluding carboxylic acids is 1. The Labute approximate surface area is 171 Å². The lowest BCUT2D eigenvalue weighted by molar-refractivity contribution is 0.0730. The van der Waals surface area contributed by atoms with Crippen LogP contribution in [0.25, 0.3) is 0 Å². The van der Waals surface area contributed by atoms with Crippen molar-refractivity contribution in [1.82, 2.24) is 14.6 Å². The Morgan fingerprint density at radius 3 is 2.62 bits per heavy atom. The molecule has 0 saturated carbocycles. The van der Waals surface area contributed by atoms with Crippen LogP contribution in [-0.4, -0.2) is 63.1 Å². The molecule has 1 atom stereocenters. The van der Waals surface area contributed by atoms with Crippen LogP contribution in [-0.2, 0) is 21.2 Å². The summed E-state index contributed by atoms with van der Waals surface area (Å²) < 4.78 is 37.0. The second kappa shape index (κ2) is 9.43. The number of rotatable bonds is 8. The van der Waals surface area contributed by atoms with Crippen molar-refractivity contribution in [2.75, 3.05) is 33.4 Å². The van der Waals surface area contributed by atoms with Gasteiger partial charge in [0.2, 0.25) is 10.0 Å². The molecule has 1 aliphatic rings. The molecule has 0 spiro atoms. The lowest BCUT2D eigenvalue weighted by Crippen LogP contribution is -2.40. The summed E-state index contributed by atoms with van der Waals surface area (Å²) in [6.45, 7) is 3.32. The number of methoxy groups -OCH3 is 1. The predicted octanol–water partition coefficient (Wildman–Crippen LogP) is 1.80. The van der Waals surface area contributed by atoms with E-state index in [1.165, 1.54) is 16.6 Å². The van der Waals surface area contributed by atoms with Crippen molar-refractivity contribution < 1.29 is 22.7 Å². The molecular weight excluding hydrogens is 394 g/mol. The van der Waals surface area contributed by atoms with Gasteiger partial charge in [0.05, 0.1) is 20.3 Å². The van der Waals surface area contributed by atoms with Crippen molar-refractivity contribution in [2.24, 2.45) is 0 Å². The molecule has 2 aromatic rings. The number of hydrogen-bond acceptors (Lipinski definition) is 5. The Balaban J connectivity index is 1.55. The first-order valence-corrected chi connectivity index (χ1v) is 11.0. The summed E-state index contributed by atoms with van der Waals surface area (Å²) in [7, 11) is -1.99. The zero-order valence-electron chi connectivity index (χ0n) is 16.7. The third-order valence-corrected chi connectivity index (χ3v) is 6.79. The van der Waals surface area contributed by atoms with E-state index in [9.17, 15) is 13.2 Å². The van der Waals surface area contributed by atoms with Gasteiger partial charge in [0.25, 0.3) is 5.91 Å². The number of hydrogen-bond donors (Lipinski definition) is 2. The molecule has 1 saturated heterocycles. The van der Waals surface area contributed by atoms with Crippen LogP contribution in [0.3, 0.4) is 0 Å². The average molecular weight is 422 g/mol. The van der Waals surface area contributed by atoms with Crippen LogP contribution in [0.1, 0.15) is 29.4 Å². The topological polar surface area (TPSA) is 101 Å². The molecule has 8 nitrogen and oxygen atoms in total. The zero-order valence-corrected chi connectivity index (χ0v) is 17.5. The van der Waals surface area contributed by atoms with Crippen LogP contribution in [0, 0.1) is 0 Å². The normalized spacial score (nSPS) is 16.3. The molecule has 1 unspecified atom stereocenters. The van der Waals surface area contributed by atoms with Gasteiger partial charge in [0, 0.05) is 25.3 Å². The van der Waals surface area contributed by atoms with E-state index in [4.69, 9.17) is 9.47 Å². The van der Waals surface area contributed by atoms with E-state index in [1.807, 2.05) is 31.2 Å². The van der Waals surface area contributed by atoms with Gasteiger partial charge in [-0.2, -0.15) is 4.31 Å². The van der Waals surface area contributed by atoms with Crippen molar-refractivity contribution in [1.29, 1.82) is 0 Å². The number of ether oxygens (including phenoxy) is 2. The summed E-state index contributed by atoms with van der Waals surface area (Å²) in [5.74, 6) is 0.486. The Morgan fingerprint density at radius 1 is 1.28 bits per heavy atom. The first-order valence-electron chi connectivity index (χ1n) is 9.60. The van der Waals surface area contributed by atoms with E-state index < -0.39 is 10.0 Å². The first kappa shape index (κ1) is 21.4. The molecule has 0 aliphatic carbocycles. The SMILES string of the molecule is COc1ccc(CCC(C)NC(=O)c2cc(S(=O)(=O)N3CCOCC3)c[nH]2)cc1. The molecule has 1 aromatic heterocycles. The van der Waals surface area contributed by atoms with Crippen LogP contribution >= 0.6 is 0 Å². The van der Waals surface area contributed by atoms with Crippen LogP contribution in [0.2, 0.25) is 0 Å². The monoisotopic (exact) mass is 421 g/mol. The fourth-order valence-electron chi connectivity index (χ4n) is 3.14. The van der Waals surface area contributed by atoms with Crippen molar-refractivity contribution in [3.8, 4) is 5.75 Å². The summed E-state index contributed by atoms with van der Waals surface area (Å²) in [6.07, 6.45) is 2.94. The van der Waals surface area contributed by atoms with Crippen LogP contribution < -0.4 is 10.1 Å². The van der Waals surface area contributed by atoms with E-state index in [0.717, 1.165) is 24.2 Å². The molecule has 1 fully saturated rings. The van der Waals surface area contributed by atoms with Gasteiger partial charge in [0.15, 0.2) is 0 Å². The van der Waals surface area contributed by atoms with Gasteiger partial charge in [-0.1, -0.05) is 12.1 Å². The average Bonchev–Trinajstić information content (AvgIpc) is 3.25. The molecule has 29 heavy (non-hydrogen) atoms. The maximum Gasteiger partial charge on any atom is 0.267 e. The highest BCUT2D eigenvalue weighted by Crippen LogP contribution is 2.18. The van der Waals surface area contributed by atoms with Gasteiger partial charge in [-0.3, -0.25) is 4.79 Å². The van der Waals surface area contributed by atoms with Gasteiger partial charge >= 0.3 is 0 Å². The Morgan fingerprint density at radius 2 is 1.97 bits per heavy atom. The fraction of sp³-hybridized carbons (Fsp3) is 0.450. The number of amides is 1. The van der Waals surface area contributed by atoms with Gasteiger partial charge in [-0.25, -0.2) is 8.42 Å². The number of nitrogens with one attached hydrogen (secondary N) is 2. The third kappa shape index (κ3) is 5.37. The summed E-state index contributed by atoms with van der Waals surface area (Å²) in [4.78, 5) is 15.4. The molecule has 2 heterocycles. The minimum absolute atomic E-state index is 0.0628. The van der Waals surface area contributed by atoms with Gasteiger partial charge in [-0.05, 0) is 43.5 Å². The number of carbonyl (C=O) groups is 1. The smallest absolute Gasteiger partial charge is 0.267 e. The molecular formula is C20H27N3O5S. The highest BCUT2D eigenvalue weighted by atomic mass is 32.2. The molecule has 1 aromatic carbocycles. The molecule has 0 bridgehead atoms. The van der Waals surface area contributed by atoms with E-state index in [-0.39, 0.29) is 22.5 Å². The number of nitrogens with zero attached hydrogens (tertiary/aromatic N) is 1. The van der Waals surface area contributed by atoms with Gasteiger partial charge in [0.1, 0.15) is 16.3 Å². The van der Waals surface area contributed by atoms with E-state index >= 15 is 0 Å². The number of benzene rings is 1. The number of sulfonamides is 1. The summed E-state index contributed by atoms with van der Waals surface area (Å²) >= 11 is 0. The van der Waals surface area contributed by atoms with Gasteiger partial charge in [-0.15, -0.1) is 0 Å². The number of aromatic amines is 1. The number of H-pyrrole nitrogens is 1. The lowest BCUT2D eigenvalue weighted by atomic mass is 10.1. The first-order chi connectivity index (χ1) is 13.9. The van der Waals surface area contributed by atoms with E-state index in [1.54, 1.807) is 7.11 Å². The Hall–Kier alpha value is -2.36. The molecule has 2 N–H and O–H groups in total. The molecule has 3 rings (SSSR count). The Kier molecular flexibility index (Phi) is 6.94. The minimum atomic E-state index is -3.62. The highest BCUT2D eigenvalue weighted by molar-refractivity contribution is 7.89. The predicted molar refractivity (Wildman–Crippen MR) is 109 cm³/mol. The summed E-state index contributed by atoms with van der Waals surface area (Å²) in [6, 6.07) is 9.15. The number of aryl methyl sites for hydroxylation is 1. The zero-order chi connectivity index (χ0) is 20.9. The molecule has 158 valence electrons. The van der Waals surface area contributed by atoms with Crippen LogP contribution in [0.15, 0.2) is 41.4 Å². The van der Waals surface area contributed by atoms with Crippen molar-refractivity contribution in [2.45, 2.75) is 30.7 Å². The van der Waals surface area contributed by atoms with Crippen molar-refractivity contribution in [3.05, 3.63) is 47.8 Å². The fourth-order valence-corrected chi connectivity index (χ4v) is 4.54. The maximum atomic E-state index is 12.7. The standard InChI is InChI=1S/C20H27N3O5S/c1-15(3-4-16-5-7-17(27-2)8-6-16)22-20(24)19-13-18(14-21-19)29(25,26)23-9-11-28-12-10-23/h5-8,13-15,21H,3-4,9-12H2,1-2H3,(H,22,24). The second-order valence-electron chi connectivity index (χ2n) is 7.03. The largest absolute Gasteiger partial charge is 0.497 e. The summed E-state index contributed by atoms with van der Waals surface area (Å²) in [5.41, 5.74) is 1.39. The van der Waals surface area contributed by atoms with Crippen LogP contribution in [0.4, 0.5) is 0 Å². The van der Waals surface area contributed by atoms with E-state index in [2.05, 4.69) is 10.3 Å². The second-order valence-corrected chi connectivity index (χ2v) is 8.96. The van der Waals surface area contributed by atoms with Gasteiger partial charge < -0.3 is 19.8 Å². The third-order valence-electron chi connectivity index (χ3n) is 4.91. The molecule has 1 aliphatic heterocycles. The quantitative estimate of drug-likeness (QED) is 0.677. The molecule has 0 radical (unpaired) electrons.